The van der Waals surface area contributed by atoms with Gasteiger partial charge in [0.2, 0.25) is 0 Å². The van der Waals surface area contributed by atoms with Crippen molar-refractivity contribution in [1.82, 2.24) is 28.7 Å². The molecule has 6 nitrogen and oxygen atoms in total. The smallest absolute Gasteiger partial charge is 0.164 e. The first-order valence-corrected chi connectivity index (χ1v) is 25.4. The van der Waals surface area contributed by atoms with Gasteiger partial charge in [-0.1, -0.05) is 182 Å². The van der Waals surface area contributed by atoms with E-state index >= 15 is 0 Å². The highest BCUT2D eigenvalue weighted by molar-refractivity contribution is 6.12. The lowest BCUT2D eigenvalue weighted by Crippen LogP contribution is -2.03. The molecule has 0 N–H and O–H groups in total. The highest BCUT2D eigenvalue weighted by Crippen LogP contribution is 2.41. The summed E-state index contributed by atoms with van der Waals surface area (Å²) in [5.41, 5.74) is 17.1. The van der Waals surface area contributed by atoms with Crippen molar-refractivity contribution in [1.29, 1.82) is 0 Å². The van der Waals surface area contributed by atoms with Crippen LogP contribution in [0.1, 0.15) is 0 Å². The maximum absolute atomic E-state index is 5.46. The fraction of sp³-hybridized carbons (Fsp3) is 0. The number of para-hydroxylation sites is 6. The van der Waals surface area contributed by atoms with Crippen molar-refractivity contribution in [3.63, 3.8) is 0 Å². The summed E-state index contributed by atoms with van der Waals surface area (Å²) in [5, 5.41) is 7.27. The summed E-state index contributed by atoms with van der Waals surface area (Å²) in [6.07, 6.45) is 0. The van der Waals surface area contributed by atoms with Crippen molar-refractivity contribution in [2.24, 2.45) is 0 Å². The number of nitrogens with zero attached hydrogens (tertiary/aromatic N) is 6. The van der Waals surface area contributed by atoms with E-state index in [2.05, 4.69) is 281 Å². The number of fused-ring (bicyclic) bond motifs is 9. The largest absolute Gasteiger partial charge is 0.309 e. The van der Waals surface area contributed by atoms with Crippen LogP contribution in [-0.2, 0) is 0 Å². The van der Waals surface area contributed by atoms with Crippen LogP contribution in [0.15, 0.2) is 267 Å². The van der Waals surface area contributed by atoms with Crippen molar-refractivity contribution in [2.75, 3.05) is 0 Å². The number of hydrogen-bond donors (Lipinski definition) is 0. The summed E-state index contributed by atoms with van der Waals surface area (Å²) in [4.78, 5) is 16.3. The molecule has 15 rings (SSSR count). The van der Waals surface area contributed by atoms with E-state index < -0.39 is 0 Å². The van der Waals surface area contributed by atoms with Gasteiger partial charge in [-0.3, -0.25) is 0 Å². The van der Waals surface area contributed by atoms with Gasteiger partial charge in [0.05, 0.1) is 44.5 Å². The summed E-state index contributed by atoms with van der Waals surface area (Å²) in [5.74, 6) is 1.75. The maximum Gasteiger partial charge on any atom is 0.164 e. The van der Waals surface area contributed by atoms with Crippen LogP contribution in [0.25, 0.3) is 139 Å². The summed E-state index contributed by atoms with van der Waals surface area (Å²) >= 11 is 0. The standard InChI is InChI=1S/C69H44N6/c1-3-19-45(20-4-1)51-41-37-49(44-66(51)75-63-33-17-11-27-56(63)57-28-12-18-34-64(57)75)69-71-67(47-35-39-50(40-36-47)73-59-29-13-7-23-52(59)53-24-8-14-30-60(53)73)70-68(72-69)48-38-42-65(58(43-48)46-21-5-2-6-22-46)74-61-31-15-9-25-54(61)55-26-10-16-32-62(55)74/h1-44H. The molecule has 0 saturated carbocycles. The second-order valence-electron chi connectivity index (χ2n) is 19.2. The van der Waals surface area contributed by atoms with E-state index in [9.17, 15) is 0 Å². The van der Waals surface area contributed by atoms with E-state index in [1.807, 2.05) is 0 Å². The van der Waals surface area contributed by atoms with E-state index in [-0.39, 0.29) is 0 Å². The Morgan fingerprint density at radius 2 is 0.547 bits per heavy atom. The molecule has 0 aliphatic carbocycles. The summed E-state index contributed by atoms with van der Waals surface area (Å²) < 4.78 is 7.13. The maximum atomic E-state index is 5.46. The number of benzene rings is 11. The van der Waals surface area contributed by atoms with Crippen LogP contribution in [0.5, 0.6) is 0 Å². The lowest BCUT2D eigenvalue weighted by Gasteiger charge is -2.17. The van der Waals surface area contributed by atoms with Gasteiger partial charge in [-0.2, -0.15) is 0 Å². The van der Waals surface area contributed by atoms with Crippen LogP contribution in [0, 0.1) is 0 Å². The molecule has 0 spiro atoms. The van der Waals surface area contributed by atoms with Crippen molar-refractivity contribution in [3.8, 4) is 73.5 Å². The average Bonchev–Trinajstić information content (AvgIpc) is 4.13. The molecule has 0 unspecified atom stereocenters. The van der Waals surface area contributed by atoms with E-state index in [4.69, 9.17) is 15.0 Å². The number of aromatic nitrogens is 6. The minimum atomic E-state index is 0.579. The zero-order chi connectivity index (χ0) is 49.4. The molecule has 15 aromatic rings. The first kappa shape index (κ1) is 42.5. The molecule has 4 heterocycles. The zero-order valence-electron chi connectivity index (χ0n) is 40.6. The number of hydrogen-bond acceptors (Lipinski definition) is 3. The fourth-order valence-electron chi connectivity index (χ4n) is 11.5. The monoisotopic (exact) mass is 956 g/mol. The Morgan fingerprint density at radius 3 is 1.00 bits per heavy atom. The van der Waals surface area contributed by atoms with E-state index in [1.165, 1.54) is 32.3 Å². The molecule has 0 aliphatic heterocycles. The van der Waals surface area contributed by atoms with Crippen molar-refractivity contribution >= 4 is 65.4 Å². The van der Waals surface area contributed by atoms with Crippen molar-refractivity contribution < 1.29 is 0 Å². The quantitative estimate of drug-likeness (QED) is 0.152. The molecule has 11 aromatic carbocycles. The Bertz CT molecular complexity index is 4540. The second kappa shape index (κ2) is 17.3. The molecule has 0 radical (unpaired) electrons. The van der Waals surface area contributed by atoms with Crippen LogP contribution in [0.4, 0.5) is 0 Å². The third-order valence-electron chi connectivity index (χ3n) is 14.9. The Balaban J connectivity index is 0.956. The van der Waals surface area contributed by atoms with Crippen molar-refractivity contribution in [3.05, 3.63) is 267 Å². The highest BCUT2D eigenvalue weighted by atomic mass is 15.0. The van der Waals surface area contributed by atoms with Gasteiger partial charge in [0.15, 0.2) is 17.5 Å². The fourth-order valence-corrected chi connectivity index (χ4v) is 11.5. The molecular formula is C69H44N6. The van der Waals surface area contributed by atoms with Crippen molar-refractivity contribution in [2.45, 2.75) is 0 Å². The van der Waals surface area contributed by atoms with Gasteiger partial charge in [-0.15, -0.1) is 0 Å². The van der Waals surface area contributed by atoms with Crippen LogP contribution in [0.3, 0.4) is 0 Å². The predicted octanol–water partition coefficient (Wildman–Crippen LogP) is 17.5. The summed E-state index contributed by atoms with van der Waals surface area (Å²) in [6, 6.07) is 95.2. The predicted molar refractivity (Wildman–Crippen MR) is 310 cm³/mol. The highest BCUT2D eigenvalue weighted by Gasteiger charge is 2.22. The Kier molecular flexibility index (Phi) is 9.78. The molecule has 0 atom stereocenters. The van der Waals surface area contributed by atoms with E-state index in [1.54, 1.807) is 0 Å². The minimum absolute atomic E-state index is 0.579. The van der Waals surface area contributed by atoms with E-state index in [0.717, 1.165) is 89.1 Å². The van der Waals surface area contributed by atoms with Crippen LogP contribution in [0.2, 0.25) is 0 Å². The Morgan fingerprint density at radius 1 is 0.213 bits per heavy atom. The molecule has 0 aliphatic rings. The normalized spacial score (nSPS) is 11.7. The second-order valence-corrected chi connectivity index (χ2v) is 19.2. The molecule has 0 bridgehead atoms. The topological polar surface area (TPSA) is 53.5 Å². The SMILES string of the molecule is c1ccc(-c2cc(-c3nc(-c4ccc(-n5c6ccccc6c6ccccc65)cc4)nc(-c4ccc(-c5ccccc5)c(-n5c6ccccc6c6ccccc65)c4)n3)ccc2-n2c3ccccc3c3ccccc32)cc1. The Hall–Kier alpha value is -10.2. The van der Waals surface area contributed by atoms with Crippen LogP contribution < -0.4 is 0 Å². The molecule has 0 fully saturated rings. The van der Waals surface area contributed by atoms with Crippen LogP contribution in [-0.4, -0.2) is 28.7 Å². The van der Waals surface area contributed by atoms with Gasteiger partial charge >= 0.3 is 0 Å². The van der Waals surface area contributed by atoms with Gasteiger partial charge in [0, 0.05) is 65.8 Å². The Labute approximate surface area is 432 Å². The molecule has 75 heavy (non-hydrogen) atoms. The average molecular weight is 957 g/mol. The van der Waals surface area contributed by atoms with Crippen LogP contribution >= 0.6 is 0 Å². The molecule has 0 amide bonds. The zero-order valence-corrected chi connectivity index (χ0v) is 40.6. The molecule has 0 saturated heterocycles. The van der Waals surface area contributed by atoms with E-state index in [0.29, 0.717) is 17.5 Å². The molecule has 4 aromatic heterocycles. The first-order valence-electron chi connectivity index (χ1n) is 25.4. The summed E-state index contributed by atoms with van der Waals surface area (Å²) in [6.45, 7) is 0. The lowest BCUT2D eigenvalue weighted by atomic mass is 9.99. The lowest BCUT2D eigenvalue weighted by molar-refractivity contribution is 1.07. The summed E-state index contributed by atoms with van der Waals surface area (Å²) in [7, 11) is 0. The van der Waals surface area contributed by atoms with Gasteiger partial charge < -0.3 is 13.7 Å². The van der Waals surface area contributed by atoms with Gasteiger partial charge in [-0.05, 0) is 96.1 Å². The minimum Gasteiger partial charge on any atom is -0.309 e. The van der Waals surface area contributed by atoms with Gasteiger partial charge in [0.1, 0.15) is 0 Å². The van der Waals surface area contributed by atoms with Gasteiger partial charge in [-0.25, -0.2) is 15.0 Å². The third kappa shape index (κ3) is 6.92. The van der Waals surface area contributed by atoms with Gasteiger partial charge in [0.25, 0.3) is 0 Å². The first-order chi connectivity index (χ1) is 37.2. The number of rotatable bonds is 8. The molecule has 6 heteroatoms. The molecule has 350 valence electrons. The third-order valence-corrected chi connectivity index (χ3v) is 14.9. The molecular weight excluding hydrogens is 913 g/mol.